The molecule has 0 atom stereocenters. The number of nitrogens with zero attached hydrogens (tertiary/aromatic N) is 1. The molecule has 3 amide bonds. The third kappa shape index (κ3) is 5.22. The van der Waals surface area contributed by atoms with Crippen LogP contribution in [0, 0.1) is 5.92 Å². The van der Waals surface area contributed by atoms with Crippen molar-refractivity contribution in [1.29, 1.82) is 0 Å². The first kappa shape index (κ1) is 17.3. The monoisotopic (exact) mass is 359 g/mol. The van der Waals surface area contributed by atoms with Crippen LogP contribution in [0.3, 0.4) is 0 Å². The van der Waals surface area contributed by atoms with E-state index in [1.54, 1.807) is 24.5 Å². The fourth-order valence-corrected chi connectivity index (χ4v) is 3.36. The normalized spacial score (nSPS) is 15.4. The summed E-state index contributed by atoms with van der Waals surface area (Å²) < 4.78 is 5.18. The number of amides is 3. The van der Waals surface area contributed by atoms with Crippen LogP contribution in [0.15, 0.2) is 46.4 Å². The molecule has 1 saturated heterocycles. The zero-order valence-corrected chi connectivity index (χ0v) is 14.6. The molecule has 0 aromatic carbocycles. The number of furan rings is 1. The zero-order valence-electron chi connectivity index (χ0n) is 13.8. The molecular formula is C18H21N3O3S. The summed E-state index contributed by atoms with van der Waals surface area (Å²) in [7, 11) is 0. The van der Waals surface area contributed by atoms with Crippen molar-refractivity contribution >= 4 is 34.4 Å². The van der Waals surface area contributed by atoms with Crippen molar-refractivity contribution in [2.45, 2.75) is 12.8 Å². The maximum absolute atomic E-state index is 12.2. The Morgan fingerprint density at radius 2 is 2.12 bits per heavy atom. The Kier molecular flexibility index (Phi) is 5.90. The van der Waals surface area contributed by atoms with Crippen molar-refractivity contribution in [2.75, 3.05) is 25.0 Å². The predicted molar refractivity (Wildman–Crippen MR) is 98.4 cm³/mol. The van der Waals surface area contributed by atoms with E-state index in [2.05, 4.69) is 10.6 Å². The molecule has 3 heterocycles. The first-order chi connectivity index (χ1) is 12.2. The van der Waals surface area contributed by atoms with Gasteiger partial charge in [-0.1, -0.05) is 0 Å². The first-order valence-electron chi connectivity index (χ1n) is 8.29. The largest absolute Gasteiger partial charge is 0.465 e. The van der Waals surface area contributed by atoms with Crippen LogP contribution in [-0.2, 0) is 4.79 Å². The van der Waals surface area contributed by atoms with Gasteiger partial charge < -0.3 is 14.6 Å². The molecule has 2 N–H and O–H groups in total. The van der Waals surface area contributed by atoms with Crippen molar-refractivity contribution in [3.63, 3.8) is 0 Å². The van der Waals surface area contributed by atoms with Gasteiger partial charge in [-0.05, 0) is 54.5 Å². The van der Waals surface area contributed by atoms with E-state index in [1.165, 1.54) is 11.3 Å². The molecule has 25 heavy (non-hydrogen) atoms. The van der Waals surface area contributed by atoms with Gasteiger partial charge in [-0.2, -0.15) is 0 Å². The van der Waals surface area contributed by atoms with E-state index in [4.69, 9.17) is 4.42 Å². The highest BCUT2D eigenvalue weighted by Crippen LogP contribution is 2.18. The second-order valence-electron chi connectivity index (χ2n) is 5.93. The van der Waals surface area contributed by atoms with E-state index in [0.29, 0.717) is 31.3 Å². The third-order valence-corrected chi connectivity index (χ3v) is 4.95. The molecule has 0 bridgehead atoms. The van der Waals surface area contributed by atoms with Crippen molar-refractivity contribution in [3.05, 3.63) is 47.7 Å². The van der Waals surface area contributed by atoms with E-state index in [0.717, 1.165) is 17.8 Å². The molecule has 6 nitrogen and oxygen atoms in total. The van der Waals surface area contributed by atoms with Gasteiger partial charge in [-0.3, -0.25) is 10.1 Å². The van der Waals surface area contributed by atoms with Gasteiger partial charge in [0.1, 0.15) is 5.76 Å². The summed E-state index contributed by atoms with van der Waals surface area (Å²) in [6.45, 7) is 2.04. The maximum atomic E-state index is 12.2. The van der Waals surface area contributed by atoms with Crippen molar-refractivity contribution < 1.29 is 14.0 Å². The summed E-state index contributed by atoms with van der Waals surface area (Å²) in [5.74, 6) is 1.06. The Bertz CT molecular complexity index is 702. The lowest BCUT2D eigenvalue weighted by Gasteiger charge is -2.31. The number of anilines is 1. The molecule has 0 radical (unpaired) electrons. The van der Waals surface area contributed by atoms with E-state index >= 15 is 0 Å². The van der Waals surface area contributed by atoms with Crippen LogP contribution in [0.5, 0.6) is 0 Å². The van der Waals surface area contributed by atoms with E-state index in [9.17, 15) is 9.59 Å². The van der Waals surface area contributed by atoms with Crippen LogP contribution < -0.4 is 10.6 Å². The fourth-order valence-electron chi connectivity index (χ4n) is 2.75. The highest BCUT2D eigenvalue weighted by atomic mass is 32.1. The van der Waals surface area contributed by atoms with Gasteiger partial charge >= 0.3 is 6.03 Å². The summed E-state index contributed by atoms with van der Waals surface area (Å²) in [5, 5.41) is 8.46. The average molecular weight is 359 g/mol. The number of rotatable bonds is 5. The second kappa shape index (κ2) is 8.53. The van der Waals surface area contributed by atoms with Gasteiger partial charge in [-0.25, -0.2) is 4.79 Å². The summed E-state index contributed by atoms with van der Waals surface area (Å²) in [5.41, 5.74) is 0. The SMILES string of the molecule is O=C(NCC1CCN(C(=O)/C=C/c2ccco2)CC1)Nc1cccs1. The number of piperidine rings is 1. The summed E-state index contributed by atoms with van der Waals surface area (Å²) in [4.78, 5) is 25.8. The number of thiophene rings is 1. The van der Waals surface area contributed by atoms with Gasteiger partial charge in [0.05, 0.1) is 11.3 Å². The molecule has 0 unspecified atom stereocenters. The molecule has 0 spiro atoms. The zero-order chi connectivity index (χ0) is 17.5. The van der Waals surface area contributed by atoms with Crippen LogP contribution in [0.4, 0.5) is 9.80 Å². The van der Waals surface area contributed by atoms with Crippen LogP contribution in [0.2, 0.25) is 0 Å². The van der Waals surface area contributed by atoms with Gasteiger partial charge in [0.2, 0.25) is 5.91 Å². The Hall–Kier alpha value is -2.54. The highest BCUT2D eigenvalue weighted by Gasteiger charge is 2.22. The van der Waals surface area contributed by atoms with Gasteiger partial charge in [0.15, 0.2) is 0 Å². The molecule has 3 rings (SSSR count). The molecule has 132 valence electrons. The number of nitrogens with one attached hydrogen (secondary N) is 2. The number of likely N-dealkylation sites (tertiary alicyclic amines) is 1. The number of hydrogen-bond donors (Lipinski definition) is 2. The topological polar surface area (TPSA) is 74.6 Å². The molecule has 0 aliphatic carbocycles. The second-order valence-corrected chi connectivity index (χ2v) is 6.88. The molecule has 1 fully saturated rings. The standard InChI is InChI=1S/C18H21N3O3S/c22-17(6-5-15-3-1-11-24-15)21-9-7-14(8-10-21)13-19-18(23)20-16-4-2-12-25-16/h1-6,11-12,14H,7-10,13H2,(H2,19,20,23)/b6-5+. The van der Waals surface area contributed by atoms with Gasteiger partial charge in [0, 0.05) is 25.7 Å². The van der Waals surface area contributed by atoms with Crippen LogP contribution in [-0.4, -0.2) is 36.5 Å². The molecule has 2 aromatic heterocycles. The first-order valence-corrected chi connectivity index (χ1v) is 9.17. The predicted octanol–water partition coefficient (Wildman–Crippen LogP) is 3.41. The van der Waals surface area contributed by atoms with Gasteiger partial charge in [-0.15, -0.1) is 11.3 Å². The van der Waals surface area contributed by atoms with E-state index in [-0.39, 0.29) is 11.9 Å². The highest BCUT2D eigenvalue weighted by molar-refractivity contribution is 7.14. The minimum atomic E-state index is -0.178. The van der Waals surface area contributed by atoms with Gasteiger partial charge in [0.25, 0.3) is 0 Å². The lowest BCUT2D eigenvalue weighted by Crippen LogP contribution is -2.41. The van der Waals surface area contributed by atoms with E-state index in [1.807, 2.05) is 28.5 Å². The Morgan fingerprint density at radius 3 is 2.80 bits per heavy atom. The smallest absolute Gasteiger partial charge is 0.319 e. The van der Waals surface area contributed by atoms with E-state index < -0.39 is 0 Å². The fraction of sp³-hybridized carbons (Fsp3) is 0.333. The Labute approximate surface area is 150 Å². The molecule has 7 heteroatoms. The van der Waals surface area contributed by atoms with Crippen molar-refractivity contribution in [1.82, 2.24) is 10.2 Å². The maximum Gasteiger partial charge on any atom is 0.319 e. The molecular weight excluding hydrogens is 338 g/mol. The van der Waals surface area contributed by atoms with Crippen LogP contribution >= 0.6 is 11.3 Å². The van der Waals surface area contributed by atoms with Crippen LogP contribution in [0.1, 0.15) is 18.6 Å². The molecule has 2 aromatic rings. The van der Waals surface area contributed by atoms with Crippen molar-refractivity contribution in [3.8, 4) is 0 Å². The summed E-state index contributed by atoms with van der Waals surface area (Å²) in [6.07, 6.45) is 6.59. The lowest BCUT2D eigenvalue weighted by molar-refractivity contribution is -0.127. The van der Waals surface area contributed by atoms with Crippen LogP contribution in [0.25, 0.3) is 6.08 Å². The summed E-state index contributed by atoms with van der Waals surface area (Å²) >= 11 is 1.49. The third-order valence-electron chi connectivity index (χ3n) is 4.17. The number of carbonyl (C=O) groups excluding carboxylic acids is 2. The molecule has 0 saturated carbocycles. The number of carbonyl (C=O) groups is 2. The number of urea groups is 1. The lowest BCUT2D eigenvalue weighted by atomic mass is 9.97. The molecule has 1 aliphatic rings. The Balaban J connectivity index is 1.36. The number of hydrogen-bond acceptors (Lipinski definition) is 4. The Morgan fingerprint density at radius 1 is 1.28 bits per heavy atom. The summed E-state index contributed by atoms with van der Waals surface area (Å²) in [6, 6.07) is 7.18. The van der Waals surface area contributed by atoms with Crippen molar-refractivity contribution in [2.24, 2.45) is 5.92 Å². The minimum absolute atomic E-state index is 0.00162. The quantitative estimate of drug-likeness (QED) is 0.804. The molecule has 1 aliphatic heterocycles. The minimum Gasteiger partial charge on any atom is -0.465 e. The average Bonchev–Trinajstić information content (AvgIpc) is 3.32.